The van der Waals surface area contributed by atoms with Crippen LogP contribution in [0, 0.1) is 6.92 Å². The molecule has 0 aromatic carbocycles. The van der Waals surface area contributed by atoms with E-state index < -0.39 is 0 Å². The molecule has 0 bridgehead atoms. The van der Waals surface area contributed by atoms with Crippen molar-refractivity contribution < 1.29 is 23.9 Å². The first-order chi connectivity index (χ1) is 9.69. The van der Waals surface area contributed by atoms with Crippen LogP contribution in [0.5, 0.6) is 5.88 Å². The molecule has 1 aromatic rings. The molecule has 2 heterocycles. The zero-order valence-electron chi connectivity index (χ0n) is 11.6. The minimum atomic E-state index is -0.0636. The Morgan fingerprint density at radius 3 is 2.90 bits per heavy atom. The smallest absolute Gasteiger partial charge is 0.260 e. The highest BCUT2D eigenvalue weighted by atomic mass is 16.5. The second kappa shape index (κ2) is 7.25. The predicted molar refractivity (Wildman–Crippen MR) is 69.4 cm³/mol. The molecule has 2 rings (SSSR count). The normalized spacial score (nSPS) is 16.4. The molecule has 1 N–H and O–H groups in total. The molecule has 1 aliphatic heterocycles. The Morgan fingerprint density at radius 1 is 1.55 bits per heavy atom. The molecule has 0 saturated carbocycles. The van der Waals surface area contributed by atoms with Crippen LogP contribution in [0.15, 0.2) is 10.6 Å². The van der Waals surface area contributed by atoms with Gasteiger partial charge in [0, 0.05) is 19.2 Å². The molecule has 1 aromatic heterocycles. The summed E-state index contributed by atoms with van der Waals surface area (Å²) in [6, 6.07) is 1.64. The maximum atomic E-state index is 12.0. The summed E-state index contributed by atoms with van der Waals surface area (Å²) in [6.07, 6.45) is 1.70. The zero-order valence-corrected chi connectivity index (χ0v) is 11.6. The Bertz CT molecular complexity index is 426. The molecule has 0 spiro atoms. The first kappa shape index (κ1) is 14.8. The lowest BCUT2D eigenvalue weighted by atomic mass is 10.1. The van der Waals surface area contributed by atoms with Gasteiger partial charge < -0.3 is 24.0 Å². The topological polar surface area (TPSA) is 85.0 Å². The number of likely N-dealkylation sites (tertiary alicyclic amines) is 1. The summed E-state index contributed by atoms with van der Waals surface area (Å²) in [6.45, 7) is 3.41. The molecule has 0 radical (unpaired) electrons. The molecule has 0 unspecified atom stereocenters. The number of amides is 1. The van der Waals surface area contributed by atoms with Gasteiger partial charge in [-0.3, -0.25) is 4.79 Å². The average Bonchev–Trinajstić information content (AvgIpc) is 2.89. The van der Waals surface area contributed by atoms with E-state index in [1.54, 1.807) is 17.9 Å². The van der Waals surface area contributed by atoms with Crippen molar-refractivity contribution in [2.75, 3.05) is 32.9 Å². The average molecular weight is 284 g/mol. The van der Waals surface area contributed by atoms with E-state index in [0.717, 1.165) is 12.8 Å². The number of piperidine rings is 1. The van der Waals surface area contributed by atoms with Crippen molar-refractivity contribution in [3.63, 3.8) is 0 Å². The summed E-state index contributed by atoms with van der Waals surface area (Å²) in [5, 5.41) is 12.4. The molecule has 112 valence electrons. The van der Waals surface area contributed by atoms with E-state index in [1.165, 1.54) is 0 Å². The largest absolute Gasteiger partial charge is 0.465 e. The second-order valence-corrected chi connectivity index (χ2v) is 4.74. The van der Waals surface area contributed by atoms with Crippen molar-refractivity contribution in [2.45, 2.75) is 25.9 Å². The van der Waals surface area contributed by atoms with E-state index in [0.29, 0.717) is 31.3 Å². The minimum Gasteiger partial charge on any atom is -0.465 e. The number of hydrogen-bond acceptors (Lipinski definition) is 6. The lowest BCUT2D eigenvalue weighted by Crippen LogP contribution is -2.43. The molecule has 1 fully saturated rings. The van der Waals surface area contributed by atoms with Gasteiger partial charge in [-0.05, 0) is 24.9 Å². The third kappa shape index (κ3) is 4.21. The van der Waals surface area contributed by atoms with E-state index in [2.05, 4.69) is 5.16 Å². The van der Waals surface area contributed by atoms with Crippen LogP contribution in [-0.2, 0) is 9.53 Å². The lowest BCUT2D eigenvalue weighted by Gasteiger charge is -2.31. The lowest BCUT2D eigenvalue weighted by molar-refractivity contribution is -0.136. The van der Waals surface area contributed by atoms with Gasteiger partial charge in [0.25, 0.3) is 11.8 Å². The number of hydrogen-bond donors (Lipinski definition) is 1. The van der Waals surface area contributed by atoms with E-state index in [1.807, 2.05) is 0 Å². The van der Waals surface area contributed by atoms with Crippen LogP contribution < -0.4 is 4.74 Å². The Hall–Kier alpha value is -1.60. The van der Waals surface area contributed by atoms with E-state index >= 15 is 0 Å². The number of aliphatic hydroxyl groups is 1. The number of aromatic nitrogens is 1. The molecule has 20 heavy (non-hydrogen) atoms. The summed E-state index contributed by atoms with van der Waals surface area (Å²) in [5.74, 6) is 0.914. The van der Waals surface area contributed by atoms with Gasteiger partial charge >= 0.3 is 0 Å². The summed E-state index contributed by atoms with van der Waals surface area (Å²) in [4.78, 5) is 13.7. The van der Waals surface area contributed by atoms with Crippen molar-refractivity contribution in [3.8, 4) is 5.88 Å². The standard InChI is InChI=1S/C13H20N2O5/c1-10-8-12(14-20-10)19-9-13(17)15-4-2-11(3-5-15)18-7-6-16/h8,11,16H,2-7,9H2,1H3. The highest BCUT2D eigenvalue weighted by molar-refractivity contribution is 5.77. The van der Waals surface area contributed by atoms with E-state index in [-0.39, 0.29) is 25.2 Å². The predicted octanol–water partition coefficient (Wildman–Crippen LogP) is 0.362. The van der Waals surface area contributed by atoms with Crippen molar-refractivity contribution >= 4 is 5.91 Å². The van der Waals surface area contributed by atoms with Crippen LogP contribution in [-0.4, -0.2) is 60.1 Å². The quantitative estimate of drug-likeness (QED) is 0.812. The minimum absolute atomic E-state index is 0.0318. The number of nitrogens with zero attached hydrogens (tertiary/aromatic N) is 2. The van der Waals surface area contributed by atoms with Crippen LogP contribution in [0.4, 0.5) is 0 Å². The number of aliphatic hydroxyl groups excluding tert-OH is 1. The van der Waals surface area contributed by atoms with Gasteiger partial charge in [0.15, 0.2) is 6.61 Å². The van der Waals surface area contributed by atoms with Crippen LogP contribution in [0.2, 0.25) is 0 Å². The number of ether oxygens (including phenoxy) is 2. The summed E-state index contributed by atoms with van der Waals surface area (Å²) < 4.78 is 15.6. The molecule has 0 atom stereocenters. The Morgan fingerprint density at radius 2 is 2.30 bits per heavy atom. The van der Waals surface area contributed by atoms with Gasteiger partial charge in [0.2, 0.25) is 0 Å². The van der Waals surface area contributed by atoms with E-state index in [9.17, 15) is 4.79 Å². The number of carbonyl (C=O) groups is 1. The highest BCUT2D eigenvalue weighted by Crippen LogP contribution is 2.14. The number of rotatable bonds is 6. The molecule has 7 nitrogen and oxygen atoms in total. The zero-order chi connectivity index (χ0) is 14.4. The fourth-order valence-corrected chi connectivity index (χ4v) is 2.13. The first-order valence-electron chi connectivity index (χ1n) is 6.75. The molecular formula is C13H20N2O5. The molecule has 7 heteroatoms. The fraction of sp³-hybridized carbons (Fsp3) is 0.692. The fourth-order valence-electron chi connectivity index (χ4n) is 2.13. The maximum absolute atomic E-state index is 12.0. The van der Waals surface area contributed by atoms with E-state index in [4.69, 9.17) is 19.1 Å². The van der Waals surface area contributed by atoms with Crippen LogP contribution in [0.25, 0.3) is 0 Å². The molecular weight excluding hydrogens is 264 g/mol. The summed E-state index contributed by atoms with van der Waals surface area (Å²) in [5.41, 5.74) is 0. The number of aryl methyl sites for hydroxylation is 1. The first-order valence-corrected chi connectivity index (χ1v) is 6.75. The van der Waals surface area contributed by atoms with Crippen molar-refractivity contribution in [1.82, 2.24) is 10.1 Å². The van der Waals surface area contributed by atoms with Gasteiger partial charge in [-0.25, -0.2) is 0 Å². The third-order valence-electron chi connectivity index (χ3n) is 3.19. The van der Waals surface area contributed by atoms with Gasteiger partial charge in [-0.15, -0.1) is 0 Å². The van der Waals surface area contributed by atoms with Gasteiger partial charge in [0.1, 0.15) is 5.76 Å². The highest BCUT2D eigenvalue weighted by Gasteiger charge is 2.23. The van der Waals surface area contributed by atoms with Crippen molar-refractivity contribution in [1.29, 1.82) is 0 Å². The molecule has 1 amide bonds. The molecule has 1 aliphatic rings. The third-order valence-corrected chi connectivity index (χ3v) is 3.19. The van der Waals surface area contributed by atoms with Crippen molar-refractivity contribution in [3.05, 3.63) is 11.8 Å². The monoisotopic (exact) mass is 284 g/mol. The van der Waals surface area contributed by atoms with Crippen LogP contribution in [0.3, 0.4) is 0 Å². The van der Waals surface area contributed by atoms with Crippen molar-refractivity contribution in [2.24, 2.45) is 0 Å². The second-order valence-electron chi connectivity index (χ2n) is 4.74. The number of carbonyl (C=O) groups excluding carboxylic acids is 1. The molecule has 0 aliphatic carbocycles. The Labute approximate surface area is 117 Å². The molecule has 1 saturated heterocycles. The van der Waals surface area contributed by atoms with Gasteiger partial charge in [-0.1, -0.05) is 0 Å². The maximum Gasteiger partial charge on any atom is 0.260 e. The van der Waals surface area contributed by atoms with Gasteiger partial charge in [-0.2, -0.15) is 0 Å². The Balaban J connectivity index is 1.69. The van der Waals surface area contributed by atoms with Crippen LogP contribution in [0.1, 0.15) is 18.6 Å². The summed E-state index contributed by atoms with van der Waals surface area (Å²) >= 11 is 0. The SMILES string of the molecule is Cc1cc(OCC(=O)N2CCC(OCCO)CC2)no1. The van der Waals surface area contributed by atoms with Crippen LogP contribution >= 0.6 is 0 Å². The van der Waals surface area contributed by atoms with Gasteiger partial charge in [0.05, 0.1) is 19.3 Å². The summed E-state index contributed by atoms with van der Waals surface area (Å²) in [7, 11) is 0. The Kier molecular flexibility index (Phi) is 5.37.